The van der Waals surface area contributed by atoms with Gasteiger partial charge >= 0.3 is 0 Å². The van der Waals surface area contributed by atoms with E-state index in [0.717, 1.165) is 12.8 Å². The molecule has 0 aromatic carbocycles. The Morgan fingerprint density at radius 1 is 0.667 bits per heavy atom. The van der Waals surface area contributed by atoms with Crippen molar-refractivity contribution in [2.24, 2.45) is 17.3 Å². The van der Waals surface area contributed by atoms with Gasteiger partial charge in [0.15, 0.2) is 11.6 Å². The van der Waals surface area contributed by atoms with Gasteiger partial charge < -0.3 is 18.9 Å². The first kappa shape index (κ1) is 17.2. The predicted octanol–water partition coefficient (Wildman–Crippen LogP) is 3.59. The van der Waals surface area contributed by atoms with E-state index in [-0.39, 0.29) is 5.41 Å². The molecule has 0 atom stereocenters. The van der Waals surface area contributed by atoms with Gasteiger partial charge in [-0.05, 0) is 25.7 Å². The summed E-state index contributed by atoms with van der Waals surface area (Å²) in [6, 6.07) is 0. The van der Waals surface area contributed by atoms with Crippen LogP contribution < -0.4 is 0 Å². The van der Waals surface area contributed by atoms with Crippen LogP contribution in [0.5, 0.6) is 0 Å². The van der Waals surface area contributed by atoms with Gasteiger partial charge in [-0.25, -0.2) is 0 Å². The minimum Gasteiger partial charge on any atom is -0.349 e. The molecule has 2 aliphatic rings. The second-order valence-corrected chi connectivity index (χ2v) is 8.12. The van der Waals surface area contributed by atoms with Crippen LogP contribution in [-0.4, -0.2) is 38.0 Å². The average Bonchev–Trinajstić information content (AvgIpc) is 2.35. The largest absolute Gasteiger partial charge is 0.349 e. The molecule has 124 valence electrons. The molecule has 4 nitrogen and oxygen atoms in total. The second kappa shape index (κ2) is 6.15. The van der Waals surface area contributed by atoms with Crippen molar-refractivity contribution in [3.8, 4) is 0 Å². The van der Waals surface area contributed by atoms with Gasteiger partial charge in [-0.2, -0.15) is 0 Å². The van der Waals surface area contributed by atoms with E-state index in [2.05, 4.69) is 27.7 Å². The van der Waals surface area contributed by atoms with E-state index in [1.807, 2.05) is 13.8 Å². The van der Waals surface area contributed by atoms with Crippen molar-refractivity contribution in [1.29, 1.82) is 0 Å². The third-order valence-corrected chi connectivity index (χ3v) is 4.29. The van der Waals surface area contributed by atoms with Gasteiger partial charge in [0.1, 0.15) is 0 Å². The molecule has 4 heteroatoms. The van der Waals surface area contributed by atoms with Crippen molar-refractivity contribution >= 4 is 0 Å². The molecule has 2 aliphatic heterocycles. The van der Waals surface area contributed by atoms with Gasteiger partial charge in [-0.15, -0.1) is 0 Å². The van der Waals surface area contributed by atoms with Crippen LogP contribution in [0.3, 0.4) is 0 Å². The highest BCUT2D eigenvalue weighted by Crippen LogP contribution is 2.39. The lowest BCUT2D eigenvalue weighted by Crippen LogP contribution is -2.58. The Balaban J connectivity index is 1.88. The summed E-state index contributed by atoms with van der Waals surface area (Å²) in [6.45, 7) is 15.4. The van der Waals surface area contributed by atoms with Gasteiger partial charge in [0.05, 0.1) is 31.8 Å². The zero-order chi connectivity index (χ0) is 15.7. The SMILES string of the molecule is CC(C)CC1(C)OCC2(CO1)COC(C)(CC(C)C)OC2. The molecule has 2 rings (SSSR count). The monoisotopic (exact) mass is 300 g/mol. The molecule has 21 heavy (non-hydrogen) atoms. The van der Waals surface area contributed by atoms with Crippen LogP contribution in [-0.2, 0) is 18.9 Å². The van der Waals surface area contributed by atoms with E-state index in [1.54, 1.807) is 0 Å². The fourth-order valence-electron chi connectivity index (χ4n) is 3.28. The summed E-state index contributed by atoms with van der Waals surface area (Å²) in [4.78, 5) is 0. The molecule has 0 aromatic rings. The van der Waals surface area contributed by atoms with Gasteiger partial charge in [-0.1, -0.05) is 27.7 Å². The first-order chi connectivity index (χ1) is 9.66. The van der Waals surface area contributed by atoms with Crippen LogP contribution in [0.25, 0.3) is 0 Å². The lowest BCUT2D eigenvalue weighted by molar-refractivity contribution is -0.364. The highest BCUT2D eigenvalue weighted by Gasteiger charge is 2.48. The zero-order valence-corrected chi connectivity index (χ0v) is 14.5. The van der Waals surface area contributed by atoms with E-state index in [4.69, 9.17) is 18.9 Å². The van der Waals surface area contributed by atoms with Crippen LogP contribution in [0.4, 0.5) is 0 Å². The highest BCUT2D eigenvalue weighted by molar-refractivity contribution is 4.89. The van der Waals surface area contributed by atoms with Crippen molar-refractivity contribution in [2.45, 2.75) is 66.0 Å². The molecular weight excluding hydrogens is 268 g/mol. The van der Waals surface area contributed by atoms with Crippen molar-refractivity contribution < 1.29 is 18.9 Å². The molecule has 1 spiro atoms. The van der Waals surface area contributed by atoms with Gasteiger partial charge in [0, 0.05) is 12.8 Å². The molecule has 0 unspecified atom stereocenters. The molecule has 0 saturated carbocycles. The summed E-state index contributed by atoms with van der Waals surface area (Å²) in [5.41, 5.74) is -0.146. The Bertz CT molecular complexity index is 297. The van der Waals surface area contributed by atoms with Crippen molar-refractivity contribution in [2.75, 3.05) is 26.4 Å². The van der Waals surface area contributed by atoms with Crippen molar-refractivity contribution in [3.63, 3.8) is 0 Å². The Hall–Kier alpha value is -0.160. The molecule has 0 aliphatic carbocycles. The van der Waals surface area contributed by atoms with Crippen LogP contribution in [0.2, 0.25) is 0 Å². The summed E-state index contributed by atoms with van der Waals surface area (Å²) in [5, 5.41) is 0. The standard InChI is InChI=1S/C17H32O4/c1-13(2)7-15(5)18-9-17(10-19-15)11-20-16(6,21-12-17)8-14(3)4/h13-14H,7-12H2,1-6H3. The normalized spacial score (nSPS) is 41.1. The summed E-state index contributed by atoms with van der Waals surface area (Å²) in [6.07, 6.45) is 1.83. The van der Waals surface area contributed by atoms with E-state index >= 15 is 0 Å². The first-order valence-corrected chi connectivity index (χ1v) is 8.22. The van der Waals surface area contributed by atoms with Crippen LogP contribution in [0.1, 0.15) is 54.4 Å². The molecule has 0 bridgehead atoms. The quantitative estimate of drug-likeness (QED) is 0.795. The maximum Gasteiger partial charge on any atom is 0.165 e. The minimum atomic E-state index is -0.460. The summed E-state index contributed by atoms with van der Waals surface area (Å²) in [7, 11) is 0. The van der Waals surface area contributed by atoms with Crippen LogP contribution in [0, 0.1) is 17.3 Å². The number of rotatable bonds is 4. The van der Waals surface area contributed by atoms with E-state index in [1.165, 1.54) is 0 Å². The zero-order valence-electron chi connectivity index (χ0n) is 14.5. The second-order valence-electron chi connectivity index (χ2n) is 8.12. The molecule has 0 aromatic heterocycles. The lowest BCUT2D eigenvalue weighted by atomic mass is 9.88. The Labute approximate surface area is 129 Å². The topological polar surface area (TPSA) is 36.9 Å². The molecule has 0 amide bonds. The predicted molar refractivity (Wildman–Crippen MR) is 82.0 cm³/mol. The fraction of sp³-hybridized carbons (Fsp3) is 1.00. The van der Waals surface area contributed by atoms with Crippen molar-refractivity contribution in [1.82, 2.24) is 0 Å². The Morgan fingerprint density at radius 3 is 1.19 bits per heavy atom. The fourth-order valence-corrected chi connectivity index (χ4v) is 3.28. The average molecular weight is 300 g/mol. The third-order valence-electron chi connectivity index (χ3n) is 4.29. The smallest absolute Gasteiger partial charge is 0.165 e. The maximum atomic E-state index is 6.04. The number of ether oxygens (including phenoxy) is 4. The van der Waals surface area contributed by atoms with Crippen LogP contribution in [0.15, 0.2) is 0 Å². The van der Waals surface area contributed by atoms with Crippen molar-refractivity contribution in [3.05, 3.63) is 0 Å². The van der Waals surface area contributed by atoms with Gasteiger partial charge in [0.25, 0.3) is 0 Å². The van der Waals surface area contributed by atoms with Crippen LogP contribution >= 0.6 is 0 Å². The van der Waals surface area contributed by atoms with E-state index < -0.39 is 11.6 Å². The van der Waals surface area contributed by atoms with E-state index in [9.17, 15) is 0 Å². The van der Waals surface area contributed by atoms with Gasteiger partial charge in [0.2, 0.25) is 0 Å². The van der Waals surface area contributed by atoms with E-state index in [0.29, 0.717) is 38.3 Å². The Kier molecular flexibility index (Phi) is 5.04. The molecule has 2 heterocycles. The third kappa shape index (κ3) is 4.41. The number of hydrogen-bond donors (Lipinski definition) is 0. The summed E-state index contributed by atoms with van der Waals surface area (Å²) in [5.74, 6) is 0.186. The summed E-state index contributed by atoms with van der Waals surface area (Å²) >= 11 is 0. The lowest BCUT2D eigenvalue weighted by Gasteiger charge is -2.50. The Morgan fingerprint density at radius 2 is 0.952 bits per heavy atom. The molecular formula is C17H32O4. The first-order valence-electron chi connectivity index (χ1n) is 8.22. The summed E-state index contributed by atoms with van der Waals surface area (Å²) < 4.78 is 24.1. The molecule has 2 fully saturated rings. The molecule has 0 N–H and O–H groups in total. The maximum absolute atomic E-state index is 6.04. The minimum absolute atomic E-state index is 0.146. The highest BCUT2D eigenvalue weighted by atomic mass is 16.7. The number of hydrogen-bond acceptors (Lipinski definition) is 4. The molecule has 0 radical (unpaired) electrons. The van der Waals surface area contributed by atoms with Gasteiger partial charge in [-0.3, -0.25) is 0 Å². The molecule has 2 saturated heterocycles.